The molecule has 1 atom stereocenters. The molecule has 1 fully saturated rings. The maximum Gasteiger partial charge on any atom is 0.262 e. The van der Waals surface area contributed by atoms with Crippen LogP contribution in [-0.2, 0) is 14.3 Å². The number of pyridine rings is 3. The van der Waals surface area contributed by atoms with Gasteiger partial charge >= 0.3 is 0 Å². The van der Waals surface area contributed by atoms with Crippen molar-refractivity contribution in [3.63, 3.8) is 0 Å². The number of nitrogens with zero attached hydrogens (tertiary/aromatic N) is 6. The molecule has 0 bridgehead atoms. The first-order valence-corrected chi connectivity index (χ1v) is 16.1. The molecule has 1 saturated heterocycles. The Morgan fingerprint density at radius 3 is 2.29 bits per heavy atom. The van der Waals surface area contributed by atoms with Crippen LogP contribution in [0.4, 0.5) is 10.2 Å². The van der Waals surface area contributed by atoms with Crippen LogP contribution in [0.2, 0.25) is 0 Å². The van der Waals surface area contributed by atoms with Crippen LogP contribution in [0, 0.1) is 5.95 Å². The number of imide groups is 2. The lowest BCUT2D eigenvalue weighted by molar-refractivity contribution is -0.136. The normalized spacial score (nSPS) is 15.7. The average molecular weight is 694 g/mol. The highest BCUT2D eigenvalue weighted by Crippen LogP contribution is 2.30. The summed E-state index contributed by atoms with van der Waals surface area (Å²) in [4.78, 5) is 65.3. The largest absolute Gasteiger partial charge is 0.491 e. The summed E-state index contributed by atoms with van der Waals surface area (Å²) < 4.78 is 33.6. The number of piperidine rings is 1. The van der Waals surface area contributed by atoms with E-state index in [1.54, 1.807) is 49.5 Å². The zero-order valence-electron chi connectivity index (χ0n) is 27.7. The summed E-state index contributed by atoms with van der Waals surface area (Å²) in [6.45, 7) is 1.01. The van der Waals surface area contributed by atoms with E-state index >= 15 is 0 Å². The summed E-state index contributed by atoms with van der Waals surface area (Å²) >= 11 is 0. The van der Waals surface area contributed by atoms with Crippen LogP contribution >= 0.6 is 0 Å². The lowest BCUT2D eigenvalue weighted by Gasteiger charge is -2.27. The highest BCUT2D eigenvalue weighted by atomic mass is 19.1. The Hall–Kier alpha value is -6.22. The molecule has 0 spiro atoms. The Labute approximate surface area is 290 Å². The van der Waals surface area contributed by atoms with Crippen molar-refractivity contribution in [2.24, 2.45) is 0 Å². The number of halogens is 1. The standard InChI is InChI=1S/C36H32FN7O7/c1-42(2)30-11-7-25(33(37)40-30)27-8-3-21(18-38-27)28-20-43-19-23(5-10-31(43)39-28)51-16-14-49-13-15-50-22-4-6-24-26(17-22)36(48)44(35(24)47)29-9-12-32(45)41-34(29)46/h3-8,10-11,17-20,29H,9,12-16H2,1-2H3,(H,41,45,46). The van der Waals surface area contributed by atoms with Crippen LogP contribution in [0.3, 0.4) is 0 Å². The minimum Gasteiger partial charge on any atom is -0.491 e. The third-order valence-corrected chi connectivity index (χ3v) is 8.46. The zero-order valence-corrected chi connectivity index (χ0v) is 27.7. The van der Waals surface area contributed by atoms with Crippen molar-refractivity contribution in [2.75, 3.05) is 45.4 Å². The van der Waals surface area contributed by atoms with Gasteiger partial charge in [-0.3, -0.25) is 34.4 Å². The predicted octanol–water partition coefficient (Wildman–Crippen LogP) is 3.54. The number of hydrogen-bond donors (Lipinski definition) is 1. The third-order valence-electron chi connectivity index (χ3n) is 8.46. The van der Waals surface area contributed by atoms with Gasteiger partial charge in [0.25, 0.3) is 11.8 Å². The molecule has 5 aromatic rings. The van der Waals surface area contributed by atoms with E-state index in [0.717, 1.165) is 10.5 Å². The molecule has 2 aliphatic heterocycles. The number of anilines is 1. The SMILES string of the molecule is CN(C)c1ccc(-c2ccc(-c3cn4cc(OCCOCCOc5ccc6c(c5)C(=O)N(C5CCC(=O)NC5=O)C6=O)ccc4n3)cn2)c(F)n1. The molecule has 14 nitrogen and oxygen atoms in total. The van der Waals surface area contributed by atoms with Crippen molar-refractivity contribution in [1.29, 1.82) is 0 Å². The Balaban J connectivity index is 0.871. The monoisotopic (exact) mass is 693 g/mol. The Morgan fingerprint density at radius 2 is 1.57 bits per heavy atom. The number of rotatable bonds is 12. The fourth-order valence-electron chi connectivity index (χ4n) is 5.84. The average Bonchev–Trinajstić information content (AvgIpc) is 3.65. The van der Waals surface area contributed by atoms with Crippen molar-refractivity contribution in [2.45, 2.75) is 18.9 Å². The fraction of sp³-hybridized carbons (Fsp3) is 0.250. The Bertz CT molecular complexity index is 2170. The number of carbonyl (C=O) groups is 4. The molecule has 7 rings (SSSR count). The van der Waals surface area contributed by atoms with Gasteiger partial charge in [-0.1, -0.05) is 0 Å². The van der Waals surface area contributed by atoms with Gasteiger partial charge in [0.2, 0.25) is 17.8 Å². The second kappa shape index (κ2) is 14.0. The van der Waals surface area contributed by atoms with Gasteiger partial charge < -0.3 is 23.5 Å². The molecule has 4 aromatic heterocycles. The van der Waals surface area contributed by atoms with Crippen LogP contribution in [0.5, 0.6) is 11.5 Å². The van der Waals surface area contributed by atoms with Crippen LogP contribution in [0.1, 0.15) is 33.6 Å². The van der Waals surface area contributed by atoms with E-state index in [4.69, 9.17) is 14.2 Å². The first kappa shape index (κ1) is 33.3. The topological polar surface area (TPSA) is 158 Å². The molecule has 1 N–H and O–H groups in total. The maximum absolute atomic E-state index is 14.6. The number of imidazole rings is 1. The van der Waals surface area contributed by atoms with E-state index in [0.29, 0.717) is 46.5 Å². The smallest absolute Gasteiger partial charge is 0.262 e. The van der Waals surface area contributed by atoms with E-state index in [9.17, 15) is 23.6 Å². The Kier molecular flexibility index (Phi) is 9.11. The second-order valence-corrected chi connectivity index (χ2v) is 12.1. The fourth-order valence-corrected chi connectivity index (χ4v) is 5.84. The quantitative estimate of drug-likeness (QED) is 0.116. The number of carbonyl (C=O) groups excluding carboxylic acids is 4. The molecule has 0 radical (unpaired) electrons. The predicted molar refractivity (Wildman–Crippen MR) is 181 cm³/mol. The van der Waals surface area contributed by atoms with Gasteiger partial charge in [-0.2, -0.15) is 4.39 Å². The summed E-state index contributed by atoms with van der Waals surface area (Å²) in [5.41, 5.74) is 3.29. The lowest BCUT2D eigenvalue weighted by Crippen LogP contribution is -2.54. The van der Waals surface area contributed by atoms with E-state index in [1.807, 2.05) is 35.0 Å². The molecule has 4 amide bonds. The number of benzene rings is 1. The molecular weight excluding hydrogens is 661 g/mol. The summed E-state index contributed by atoms with van der Waals surface area (Å²) in [7, 11) is 3.60. The van der Waals surface area contributed by atoms with Gasteiger partial charge in [0, 0.05) is 38.5 Å². The van der Waals surface area contributed by atoms with E-state index in [-0.39, 0.29) is 43.8 Å². The first-order valence-electron chi connectivity index (χ1n) is 16.1. The highest BCUT2D eigenvalue weighted by Gasteiger charge is 2.44. The molecule has 0 saturated carbocycles. The molecule has 1 aromatic carbocycles. The van der Waals surface area contributed by atoms with Gasteiger partial charge in [-0.05, 0) is 61.0 Å². The third kappa shape index (κ3) is 6.83. The molecule has 2 aliphatic rings. The van der Waals surface area contributed by atoms with Gasteiger partial charge in [0.05, 0.1) is 47.5 Å². The number of ether oxygens (including phenoxy) is 3. The number of aromatic nitrogens is 4. The second-order valence-electron chi connectivity index (χ2n) is 12.1. The van der Waals surface area contributed by atoms with Crippen LogP contribution in [-0.4, -0.2) is 94.4 Å². The van der Waals surface area contributed by atoms with E-state index in [2.05, 4.69) is 20.3 Å². The van der Waals surface area contributed by atoms with Crippen LogP contribution < -0.4 is 19.7 Å². The van der Waals surface area contributed by atoms with Crippen molar-refractivity contribution in [1.82, 2.24) is 29.6 Å². The molecule has 51 heavy (non-hydrogen) atoms. The maximum atomic E-state index is 14.6. The molecule has 0 aliphatic carbocycles. The van der Waals surface area contributed by atoms with Gasteiger partial charge in [-0.15, -0.1) is 0 Å². The van der Waals surface area contributed by atoms with Gasteiger partial charge in [-0.25, -0.2) is 9.97 Å². The minimum atomic E-state index is -1.03. The number of hydrogen-bond acceptors (Lipinski definition) is 11. The zero-order chi connectivity index (χ0) is 35.6. The number of nitrogens with one attached hydrogen (secondary N) is 1. The van der Waals surface area contributed by atoms with E-state index in [1.165, 1.54) is 12.1 Å². The molecule has 6 heterocycles. The summed E-state index contributed by atoms with van der Waals surface area (Å²) in [5.74, 6) is -1.33. The van der Waals surface area contributed by atoms with Crippen molar-refractivity contribution < 1.29 is 37.8 Å². The van der Waals surface area contributed by atoms with Crippen molar-refractivity contribution >= 4 is 35.1 Å². The molecule has 15 heteroatoms. The van der Waals surface area contributed by atoms with Gasteiger partial charge in [0.15, 0.2) is 0 Å². The molecule has 260 valence electrons. The summed E-state index contributed by atoms with van der Waals surface area (Å²) in [5, 5.41) is 2.18. The van der Waals surface area contributed by atoms with Crippen LogP contribution in [0.15, 0.2) is 73.2 Å². The van der Waals surface area contributed by atoms with Crippen LogP contribution in [0.25, 0.3) is 28.2 Å². The summed E-state index contributed by atoms with van der Waals surface area (Å²) in [6, 6.07) is 14.1. The van der Waals surface area contributed by atoms with Gasteiger partial charge in [0.1, 0.15) is 42.2 Å². The van der Waals surface area contributed by atoms with Crippen molar-refractivity contribution in [3.8, 4) is 34.0 Å². The molecule has 1 unspecified atom stereocenters. The highest BCUT2D eigenvalue weighted by molar-refractivity contribution is 6.23. The van der Waals surface area contributed by atoms with E-state index < -0.39 is 35.6 Å². The summed E-state index contributed by atoms with van der Waals surface area (Å²) in [6.07, 6.45) is 5.46. The number of fused-ring (bicyclic) bond motifs is 2. The first-order chi connectivity index (χ1) is 24.7. The number of amides is 4. The Morgan fingerprint density at radius 1 is 0.824 bits per heavy atom. The van der Waals surface area contributed by atoms with Crippen molar-refractivity contribution in [3.05, 3.63) is 90.3 Å². The molecular formula is C36H32FN7O7. The lowest BCUT2D eigenvalue weighted by atomic mass is 10.0. The minimum absolute atomic E-state index is 0.0520.